The fourth-order valence-corrected chi connectivity index (χ4v) is 1.58. The second-order valence-corrected chi connectivity index (χ2v) is 4.52. The standard InChI is InChI=1S/C11H22N2O2/c1-9(2)12(4)7-11(14)13-5-6-15-8-10(13)3/h9-10H,5-8H2,1-4H3/t10-/m1/s1. The van der Waals surface area contributed by atoms with Crippen LogP contribution >= 0.6 is 0 Å². The van der Waals surface area contributed by atoms with Gasteiger partial charge in [-0.05, 0) is 27.8 Å². The van der Waals surface area contributed by atoms with Crippen LogP contribution in [0.2, 0.25) is 0 Å². The minimum absolute atomic E-state index is 0.210. The lowest BCUT2D eigenvalue weighted by molar-refractivity contribution is -0.140. The van der Waals surface area contributed by atoms with Crippen LogP contribution in [0.5, 0.6) is 0 Å². The Morgan fingerprint density at radius 1 is 1.60 bits per heavy atom. The summed E-state index contributed by atoms with van der Waals surface area (Å²) < 4.78 is 5.31. The Morgan fingerprint density at radius 2 is 2.27 bits per heavy atom. The van der Waals surface area contributed by atoms with E-state index in [1.807, 2.05) is 18.9 Å². The molecule has 1 saturated heterocycles. The van der Waals surface area contributed by atoms with Crippen molar-refractivity contribution in [3.05, 3.63) is 0 Å². The molecule has 1 fully saturated rings. The van der Waals surface area contributed by atoms with Crippen molar-refractivity contribution in [2.45, 2.75) is 32.9 Å². The Balaban J connectivity index is 2.45. The second-order valence-electron chi connectivity index (χ2n) is 4.52. The van der Waals surface area contributed by atoms with E-state index in [9.17, 15) is 4.79 Å². The van der Waals surface area contributed by atoms with Crippen molar-refractivity contribution in [2.75, 3.05) is 33.4 Å². The number of carbonyl (C=O) groups is 1. The van der Waals surface area contributed by atoms with Crippen LogP contribution in [0.3, 0.4) is 0 Å². The van der Waals surface area contributed by atoms with Gasteiger partial charge in [0, 0.05) is 12.6 Å². The lowest BCUT2D eigenvalue weighted by atomic mass is 10.2. The van der Waals surface area contributed by atoms with Crippen LogP contribution in [-0.4, -0.2) is 61.1 Å². The van der Waals surface area contributed by atoms with Gasteiger partial charge in [-0.1, -0.05) is 0 Å². The summed E-state index contributed by atoms with van der Waals surface area (Å²) in [5, 5.41) is 0. The molecule has 0 bridgehead atoms. The quantitative estimate of drug-likeness (QED) is 0.689. The number of ether oxygens (including phenoxy) is 1. The van der Waals surface area contributed by atoms with Gasteiger partial charge in [0.2, 0.25) is 5.91 Å². The maximum atomic E-state index is 12.0. The topological polar surface area (TPSA) is 32.8 Å². The van der Waals surface area contributed by atoms with Gasteiger partial charge in [0.05, 0.1) is 25.8 Å². The summed E-state index contributed by atoms with van der Waals surface area (Å²) in [6, 6.07) is 0.622. The molecule has 0 aromatic carbocycles. The van der Waals surface area contributed by atoms with Crippen molar-refractivity contribution in [3.63, 3.8) is 0 Å². The van der Waals surface area contributed by atoms with Crippen LogP contribution in [0.4, 0.5) is 0 Å². The van der Waals surface area contributed by atoms with E-state index in [4.69, 9.17) is 4.74 Å². The van der Waals surface area contributed by atoms with Crippen LogP contribution in [0.25, 0.3) is 0 Å². The first kappa shape index (κ1) is 12.5. The molecule has 4 nitrogen and oxygen atoms in total. The molecule has 0 N–H and O–H groups in total. The molecule has 88 valence electrons. The molecule has 0 aromatic rings. The SMILES string of the molecule is CC(C)N(C)CC(=O)N1CCOC[C@H]1C. The fourth-order valence-electron chi connectivity index (χ4n) is 1.58. The average Bonchev–Trinajstić information content (AvgIpc) is 2.18. The predicted octanol–water partition coefficient (Wildman–Crippen LogP) is 0.574. The normalized spacial score (nSPS) is 22.5. The van der Waals surface area contributed by atoms with Crippen molar-refractivity contribution in [3.8, 4) is 0 Å². The number of rotatable bonds is 3. The predicted molar refractivity (Wildman–Crippen MR) is 59.8 cm³/mol. The van der Waals surface area contributed by atoms with Gasteiger partial charge in [-0.15, -0.1) is 0 Å². The molecule has 0 spiro atoms. The Morgan fingerprint density at radius 3 is 2.80 bits per heavy atom. The Hall–Kier alpha value is -0.610. The van der Waals surface area contributed by atoms with Crippen LogP contribution in [0.15, 0.2) is 0 Å². The largest absolute Gasteiger partial charge is 0.377 e. The molecule has 1 aliphatic heterocycles. The van der Waals surface area contributed by atoms with E-state index in [0.717, 1.165) is 6.54 Å². The number of amides is 1. The minimum atomic E-state index is 0.210. The Labute approximate surface area is 92.2 Å². The van der Waals surface area contributed by atoms with Gasteiger partial charge in [-0.2, -0.15) is 0 Å². The van der Waals surface area contributed by atoms with Crippen LogP contribution in [0, 0.1) is 0 Å². The summed E-state index contributed by atoms with van der Waals surface area (Å²) in [6.45, 7) is 8.78. The summed E-state index contributed by atoms with van der Waals surface area (Å²) >= 11 is 0. The number of carbonyl (C=O) groups excluding carboxylic acids is 1. The molecule has 15 heavy (non-hydrogen) atoms. The third-order valence-corrected chi connectivity index (χ3v) is 2.95. The molecule has 1 atom stereocenters. The zero-order valence-electron chi connectivity index (χ0n) is 10.2. The van der Waals surface area contributed by atoms with Gasteiger partial charge in [-0.25, -0.2) is 0 Å². The highest BCUT2D eigenvalue weighted by molar-refractivity contribution is 5.78. The van der Waals surface area contributed by atoms with E-state index in [-0.39, 0.29) is 11.9 Å². The molecule has 1 aliphatic rings. The van der Waals surface area contributed by atoms with E-state index in [1.54, 1.807) is 0 Å². The maximum Gasteiger partial charge on any atom is 0.237 e. The monoisotopic (exact) mass is 214 g/mol. The molecule has 1 amide bonds. The second kappa shape index (κ2) is 5.47. The summed E-state index contributed by atoms with van der Waals surface area (Å²) in [4.78, 5) is 15.9. The first-order valence-corrected chi connectivity index (χ1v) is 5.60. The lowest BCUT2D eigenvalue weighted by Crippen LogP contribution is -2.50. The average molecular weight is 214 g/mol. The Bertz CT molecular complexity index is 219. The Kier molecular flexibility index (Phi) is 4.54. The molecule has 0 aliphatic carbocycles. The summed E-state index contributed by atoms with van der Waals surface area (Å²) in [5.41, 5.74) is 0. The van der Waals surface area contributed by atoms with Gasteiger partial charge >= 0.3 is 0 Å². The van der Waals surface area contributed by atoms with E-state index in [2.05, 4.69) is 18.7 Å². The summed E-state index contributed by atoms with van der Waals surface area (Å²) in [6.07, 6.45) is 0. The molecule has 1 rings (SSSR count). The first-order chi connectivity index (χ1) is 7.02. The number of nitrogens with zero attached hydrogens (tertiary/aromatic N) is 2. The molecule has 4 heteroatoms. The van der Waals surface area contributed by atoms with Gasteiger partial charge in [0.15, 0.2) is 0 Å². The van der Waals surface area contributed by atoms with Gasteiger partial charge in [-0.3, -0.25) is 9.69 Å². The lowest BCUT2D eigenvalue weighted by Gasteiger charge is -2.35. The van der Waals surface area contributed by atoms with E-state index in [0.29, 0.717) is 25.8 Å². The smallest absolute Gasteiger partial charge is 0.237 e. The number of hydrogen-bond donors (Lipinski definition) is 0. The molecule has 1 heterocycles. The van der Waals surface area contributed by atoms with Crippen molar-refractivity contribution in [1.82, 2.24) is 9.80 Å². The third-order valence-electron chi connectivity index (χ3n) is 2.95. The fraction of sp³-hybridized carbons (Fsp3) is 0.909. The van der Waals surface area contributed by atoms with Gasteiger partial charge in [0.25, 0.3) is 0 Å². The molecular formula is C11H22N2O2. The van der Waals surface area contributed by atoms with E-state index >= 15 is 0 Å². The van der Waals surface area contributed by atoms with Crippen molar-refractivity contribution in [2.24, 2.45) is 0 Å². The zero-order valence-corrected chi connectivity index (χ0v) is 10.2. The van der Waals surface area contributed by atoms with E-state index in [1.165, 1.54) is 0 Å². The van der Waals surface area contributed by atoms with Crippen LogP contribution in [-0.2, 0) is 9.53 Å². The molecule has 0 saturated carbocycles. The van der Waals surface area contributed by atoms with Crippen LogP contribution < -0.4 is 0 Å². The van der Waals surface area contributed by atoms with Crippen molar-refractivity contribution >= 4 is 5.91 Å². The highest BCUT2D eigenvalue weighted by Crippen LogP contribution is 2.07. The maximum absolute atomic E-state index is 12.0. The third kappa shape index (κ3) is 3.47. The highest BCUT2D eigenvalue weighted by atomic mass is 16.5. The number of hydrogen-bond acceptors (Lipinski definition) is 3. The zero-order chi connectivity index (χ0) is 11.4. The van der Waals surface area contributed by atoms with Crippen molar-refractivity contribution < 1.29 is 9.53 Å². The number of likely N-dealkylation sites (N-methyl/N-ethyl adjacent to an activating group) is 1. The van der Waals surface area contributed by atoms with Crippen molar-refractivity contribution in [1.29, 1.82) is 0 Å². The highest BCUT2D eigenvalue weighted by Gasteiger charge is 2.24. The van der Waals surface area contributed by atoms with Gasteiger partial charge < -0.3 is 9.64 Å². The number of morpholine rings is 1. The molecule has 0 unspecified atom stereocenters. The first-order valence-electron chi connectivity index (χ1n) is 5.60. The van der Waals surface area contributed by atoms with Gasteiger partial charge in [0.1, 0.15) is 0 Å². The van der Waals surface area contributed by atoms with E-state index < -0.39 is 0 Å². The summed E-state index contributed by atoms with van der Waals surface area (Å²) in [5.74, 6) is 0.210. The van der Waals surface area contributed by atoms with Crippen LogP contribution in [0.1, 0.15) is 20.8 Å². The molecular weight excluding hydrogens is 192 g/mol. The molecule has 0 aromatic heterocycles. The molecule has 0 radical (unpaired) electrons. The minimum Gasteiger partial charge on any atom is -0.377 e. The summed E-state index contributed by atoms with van der Waals surface area (Å²) in [7, 11) is 1.98.